The second-order valence-corrected chi connectivity index (χ2v) is 8.40. The molecule has 3 aromatic rings. The van der Waals surface area contributed by atoms with Crippen molar-refractivity contribution in [1.29, 1.82) is 0 Å². The van der Waals surface area contributed by atoms with Crippen molar-refractivity contribution in [2.75, 3.05) is 19.6 Å². The van der Waals surface area contributed by atoms with Crippen LogP contribution >= 0.6 is 0 Å². The van der Waals surface area contributed by atoms with E-state index in [-0.39, 0.29) is 24.1 Å². The van der Waals surface area contributed by atoms with E-state index in [2.05, 4.69) is 27.1 Å². The Labute approximate surface area is 187 Å². The quantitative estimate of drug-likeness (QED) is 0.525. The van der Waals surface area contributed by atoms with Crippen LogP contribution in [0.1, 0.15) is 30.9 Å². The van der Waals surface area contributed by atoms with Crippen molar-refractivity contribution in [2.24, 2.45) is 5.73 Å². The number of fused-ring (bicyclic) bond motifs is 1. The second-order valence-electron chi connectivity index (χ2n) is 8.40. The summed E-state index contributed by atoms with van der Waals surface area (Å²) >= 11 is 0. The standard InChI is InChI=1S/C24H30FN5O2/c1-3-30-10-7-17(8-11-30)29-24(31)19(26)13-16-4-5-20(18(25)12-16)32-21-6-9-27-23-22(21)15(2)14-28-23/h4-6,9,12,14,17,19H,3,7-8,10-11,13,26H2,1-2H3,(H,27,28)(H,29,31). The zero-order chi connectivity index (χ0) is 22.7. The molecule has 7 nitrogen and oxygen atoms in total. The lowest BCUT2D eigenvalue weighted by Crippen LogP contribution is -2.50. The van der Waals surface area contributed by atoms with Crippen LogP contribution in [-0.2, 0) is 11.2 Å². The summed E-state index contributed by atoms with van der Waals surface area (Å²) in [6.45, 7) is 7.07. The van der Waals surface area contributed by atoms with Crippen LogP contribution in [0.3, 0.4) is 0 Å². The average molecular weight is 440 g/mol. The lowest BCUT2D eigenvalue weighted by atomic mass is 10.0. The molecule has 0 aliphatic carbocycles. The van der Waals surface area contributed by atoms with Gasteiger partial charge in [0.05, 0.1) is 11.4 Å². The number of pyridine rings is 1. The molecule has 0 spiro atoms. The number of hydrogen-bond acceptors (Lipinski definition) is 5. The Morgan fingerprint density at radius 3 is 2.84 bits per heavy atom. The number of nitrogens with two attached hydrogens (primary N) is 1. The lowest BCUT2D eigenvalue weighted by Gasteiger charge is -2.32. The minimum Gasteiger partial charge on any atom is -0.453 e. The SMILES string of the molecule is CCN1CCC(NC(=O)C(N)Cc2ccc(Oc3ccnc4[nH]cc(C)c34)c(F)c2)CC1. The topological polar surface area (TPSA) is 96.3 Å². The molecule has 2 aromatic heterocycles. The number of likely N-dealkylation sites (tertiary alicyclic amines) is 1. The number of nitrogens with zero attached hydrogens (tertiary/aromatic N) is 2. The first-order chi connectivity index (χ1) is 15.4. The number of piperidine rings is 1. The highest BCUT2D eigenvalue weighted by Gasteiger charge is 2.23. The summed E-state index contributed by atoms with van der Waals surface area (Å²) in [5.41, 5.74) is 8.42. The van der Waals surface area contributed by atoms with Gasteiger partial charge in [0.2, 0.25) is 5.91 Å². The number of H-pyrrole nitrogens is 1. The van der Waals surface area contributed by atoms with Gasteiger partial charge in [-0.2, -0.15) is 0 Å². The van der Waals surface area contributed by atoms with E-state index in [4.69, 9.17) is 10.5 Å². The van der Waals surface area contributed by atoms with Gasteiger partial charge in [0.15, 0.2) is 11.6 Å². The number of aromatic nitrogens is 2. The normalized spacial score (nSPS) is 16.2. The van der Waals surface area contributed by atoms with Gasteiger partial charge in [0.25, 0.3) is 0 Å². The molecule has 1 fully saturated rings. The Hall–Kier alpha value is -2.97. The van der Waals surface area contributed by atoms with E-state index in [9.17, 15) is 9.18 Å². The van der Waals surface area contributed by atoms with Gasteiger partial charge in [-0.05, 0) is 62.1 Å². The highest BCUT2D eigenvalue weighted by atomic mass is 19.1. The molecule has 8 heteroatoms. The number of carbonyl (C=O) groups is 1. The first-order valence-corrected chi connectivity index (χ1v) is 11.1. The molecule has 1 saturated heterocycles. The Bertz CT molecular complexity index is 1090. The third-order valence-electron chi connectivity index (χ3n) is 6.12. The van der Waals surface area contributed by atoms with Crippen LogP contribution < -0.4 is 15.8 Å². The molecule has 1 atom stereocenters. The molecule has 170 valence electrons. The highest BCUT2D eigenvalue weighted by molar-refractivity contribution is 5.86. The predicted molar refractivity (Wildman–Crippen MR) is 122 cm³/mol. The molecule has 0 bridgehead atoms. The Kier molecular flexibility index (Phi) is 6.72. The molecule has 1 aliphatic heterocycles. The number of amides is 1. The number of carbonyl (C=O) groups excluding carboxylic acids is 1. The molecule has 4 N–H and O–H groups in total. The van der Waals surface area contributed by atoms with Crippen molar-refractivity contribution < 1.29 is 13.9 Å². The number of aromatic amines is 1. The van der Waals surface area contributed by atoms with Crippen LogP contribution in [0.2, 0.25) is 0 Å². The van der Waals surface area contributed by atoms with Crippen molar-refractivity contribution in [1.82, 2.24) is 20.2 Å². The Morgan fingerprint density at radius 1 is 1.34 bits per heavy atom. The summed E-state index contributed by atoms with van der Waals surface area (Å²) in [4.78, 5) is 22.2. The van der Waals surface area contributed by atoms with Crippen molar-refractivity contribution in [3.8, 4) is 11.5 Å². The van der Waals surface area contributed by atoms with Gasteiger partial charge in [0.1, 0.15) is 11.4 Å². The number of hydrogen-bond donors (Lipinski definition) is 3. The Morgan fingerprint density at radius 2 is 2.12 bits per heavy atom. The van der Waals surface area contributed by atoms with E-state index < -0.39 is 11.9 Å². The predicted octanol–water partition coefficient (Wildman–Crippen LogP) is 3.27. The lowest BCUT2D eigenvalue weighted by molar-refractivity contribution is -0.123. The summed E-state index contributed by atoms with van der Waals surface area (Å²) < 4.78 is 20.6. The van der Waals surface area contributed by atoms with Gasteiger partial charge in [-0.25, -0.2) is 9.37 Å². The first kappa shape index (κ1) is 22.2. The number of aryl methyl sites for hydroxylation is 1. The van der Waals surface area contributed by atoms with Gasteiger partial charge in [-0.3, -0.25) is 4.79 Å². The average Bonchev–Trinajstić information content (AvgIpc) is 3.18. The van der Waals surface area contributed by atoms with E-state index in [1.807, 2.05) is 13.1 Å². The van der Waals surface area contributed by atoms with E-state index in [1.54, 1.807) is 24.4 Å². The molecule has 1 aliphatic rings. The van der Waals surface area contributed by atoms with E-state index in [0.717, 1.165) is 43.4 Å². The monoisotopic (exact) mass is 439 g/mol. The molecule has 32 heavy (non-hydrogen) atoms. The van der Waals surface area contributed by atoms with E-state index in [1.165, 1.54) is 6.07 Å². The molecule has 0 radical (unpaired) electrons. The zero-order valence-electron chi connectivity index (χ0n) is 18.5. The van der Waals surface area contributed by atoms with E-state index in [0.29, 0.717) is 17.0 Å². The molecule has 1 amide bonds. The van der Waals surface area contributed by atoms with Gasteiger partial charge in [-0.1, -0.05) is 13.0 Å². The maximum atomic E-state index is 14.8. The number of benzene rings is 1. The molecule has 1 aromatic carbocycles. The molecular weight excluding hydrogens is 409 g/mol. The summed E-state index contributed by atoms with van der Waals surface area (Å²) in [5, 5.41) is 3.86. The minimum atomic E-state index is -0.729. The minimum absolute atomic E-state index is 0.113. The molecular formula is C24H30FN5O2. The first-order valence-electron chi connectivity index (χ1n) is 11.1. The smallest absolute Gasteiger partial charge is 0.237 e. The van der Waals surface area contributed by atoms with Crippen LogP contribution in [0.5, 0.6) is 11.5 Å². The maximum absolute atomic E-state index is 14.8. The van der Waals surface area contributed by atoms with Crippen LogP contribution in [0, 0.1) is 12.7 Å². The van der Waals surface area contributed by atoms with Crippen LogP contribution in [0.15, 0.2) is 36.7 Å². The van der Waals surface area contributed by atoms with Crippen molar-refractivity contribution in [3.63, 3.8) is 0 Å². The number of halogens is 1. The molecule has 0 saturated carbocycles. The van der Waals surface area contributed by atoms with Gasteiger partial charge < -0.3 is 25.7 Å². The molecule has 3 heterocycles. The molecule has 4 rings (SSSR count). The van der Waals surface area contributed by atoms with Crippen LogP contribution in [0.4, 0.5) is 4.39 Å². The fraction of sp³-hybridized carbons (Fsp3) is 0.417. The summed E-state index contributed by atoms with van der Waals surface area (Å²) in [6, 6.07) is 5.83. The maximum Gasteiger partial charge on any atom is 0.237 e. The van der Waals surface area contributed by atoms with Crippen LogP contribution in [0.25, 0.3) is 11.0 Å². The van der Waals surface area contributed by atoms with E-state index >= 15 is 0 Å². The Balaban J connectivity index is 1.37. The fourth-order valence-electron chi connectivity index (χ4n) is 4.19. The summed E-state index contributed by atoms with van der Waals surface area (Å²) in [7, 11) is 0. The van der Waals surface area contributed by atoms with Crippen molar-refractivity contribution >= 4 is 16.9 Å². The fourth-order valence-corrected chi connectivity index (χ4v) is 4.19. The van der Waals surface area contributed by atoms with Crippen molar-refractivity contribution in [2.45, 2.75) is 45.2 Å². The van der Waals surface area contributed by atoms with Crippen LogP contribution in [-0.4, -0.2) is 52.5 Å². The van der Waals surface area contributed by atoms with Gasteiger partial charge in [-0.15, -0.1) is 0 Å². The van der Waals surface area contributed by atoms with Gasteiger partial charge >= 0.3 is 0 Å². The summed E-state index contributed by atoms with van der Waals surface area (Å²) in [5.74, 6) is -0.0452. The number of nitrogens with one attached hydrogen (secondary N) is 2. The second kappa shape index (κ2) is 9.67. The number of ether oxygens (including phenoxy) is 1. The number of rotatable bonds is 7. The third kappa shape index (κ3) is 4.92. The molecule has 1 unspecified atom stereocenters. The third-order valence-corrected chi connectivity index (χ3v) is 6.12. The van der Waals surface area contributed by atoms with Gasteiger partial charge in [0, 0.05) is 31.5 Å². The highest BCUT2D eigenvalue weighted by Crippen LogP contribution is 2.32. The largest absolute Gasteiger partial charge is 0.453 e. The zero-order valence-corrected chi connectivity index (χ0v) is 18.5. The summed E-state index contributed by atoms with van der Waals surface area (Å²) in [6.07, 6.45) is 5.56. The van der Waals surface area contributed by atoms with Crippen molar-refractivity contribution in [3.05, 3.63) is 53.6 Å².